The zero-order chi connectivity index (χ0) is 15.9. The average molecular weight is 314 g/mol. The SMILES string of the molecule is COc1cc(/C=C/Sc2ccccc2C(C)C)cc(OC)c1. The number of hydrogen-bond acceptors (Lipinski definition) is 3. The fraction of sp³-hybridized carbons (Fsp3) is 0.263. The zero-order valence-corrected chi connectivity index (χ0v) is 14.3. The molecule has 3 heteroatoms. The van der Waals surface area contributed by atoms with E-state index in [1.165, 1.54) is 10.5 Å². The van der Waals surface area contributed by atoms with Gasteiger partial charge >= 0.3 is 0 Å². The van der Waals surface area contributed by atoms with Gasteiger partial charge in [-0.3, -0.25) is 0 Å². The Hall–Kier alpha value is -1.87. The molecular weight excluding hydrogens is 292 g/mol. The summed E-state index contributed by atoms with van der Waals surface area (Å²) in [7, 11) is 3.33. The van der Waals surface area contributed by atoms with E-state index >= 15 is 0 Å². The maximum Gasteiger partial charge on any atom is 0.123 e. The fourth-order valence-electron chi connectivity index (χ4n) is 2.18. The lowest BCUT2D eigenvalue weighted by Crippen LogP contribution is -1.89. The van der Waals surface area contributed by atoms with Gasteiger partial charge < -0.3 is 9.47 Å². The van der Waals surface area contributed by atoms with Gasteiger partial charge in [0.1, 0.15) is 11.5 Å². The van der Waals surface area contributed by atoms with Crippen molar-refractivity contribution in [3.8, 4) is 11.5 Å². The largest absolute Gasteiger partial charge is 0.497 e. The average Bonchev–Trinajstić information content (AvgIpc) is 2.54. The second-order valence-corrected chi connectivity index (χ2v) is 6.21. The Labute approximate surface area is 137 Å². The summed E-state index contributed by atoms with van der Waals surface area (Å²) in [6.45, 7) is 4.44. The molecular formula is C19H22O2S. The monoisotopic (exact) mass is 314 g/mol. The highest BCUT2D eigenvalue weighted by Crippen LogP contribution is 2.30. The van der Waals surface area contributed by atoms with E-state index in [4.69, 9.17) is 9.47 Å². The molecule has 22 heavy (non-hydrogen) atoms. The van der Waals surface area contributed by atoms with Gasteiger partial charge in [-0.05, 0) is 46.7 Å². The molecule has 0 amide bonds. The van der Waals surface area contributed by atoms with Gasteiger partial charge in [-0.1, -0.05) is 43.8 Å². The third kappa shape index (κ3) is 4.31. The Morgan fingerprint density at radius 3 is 2.18 bits per heavy atom. The van der Waals surface area contributed by atoms with Gasteiger partial charge in [0.2, 0.25) is 0 Å². The Bertz CT molecular complexity index is 625. The summed E-state index contributed by atoms with van der Waals surface area (Å²) < 4.78 is 10.6. The molecule has 0 atom stereocenters. The third-order valence-corrected chi connectivity index (χ3v) is 4.27. The normalized spacial score (nSPS) is 11.1. The van der Waals surface area contributed by atoms with Crippen molar-refractivity contribution in [3.05, 3.63) is 59.0 Å². The Morgan fingerprint density at radius 2 is 1.59 bits per heavy atom. The quantitative estimate of drug-likeness (QED) is 0.647. The van der Waals surface area contributed by atoms with Gasteiger partial charge in [0.25, 0.3) is 0 Å². The fourth-order valence-corrected chi connectivity index (χ4v) is 3.15. The van der Waals surface area contributed by atoms with E-state index < -0.39 is 0 Å². The summed E-state index contributed by atoms with van der Waals surface area (Å²) in [6, 6.07) is 14.4. The number of rotatable bonds is 6. The minimum Gasteiger partial charge on any atom is -0.497 e. The van der Waals surface area contributed by atoms with Crippen LogP contribution in [-0.4, -0.2) is 14.2 Å². The highest BCUT2D eigenvalue weighted by molar-refractivity contribution is 8.02. The van der Waals surface area contributed by atoms with Gasteiger partial charge in [-0.15, -0.1) is 0 Å². The number of ether oxygens (including phenoxy) is 2. The van der Waals surface area contributed by atoms with Crippen molar-refractivity contribution in [2.45, 2.75) is 24.7 Å². The van der Waals surface area contributed by atoms with Crippen LogP contribution in [-0.2, 0) is 0 Å². The molecule has 0 bridgehead atoms. The highest BCUT2D eigenvalue weighted by Gasteiger charge is 2.05. The van der Waals surface area contributed by atoms with Crippen LogP contribution in [0.4, 0.5) is 0 Å². The van der Waals surface area contributed by atoms with Gasteiger partial charge in [0.05, 0.1) is 14.2 Å². The Morgan fingerprint density at radius 1 is 0.955 bits per heavy atom. The maximum atomic E-state index is 5.29. The van der Waals surface area contributed by atoms with Crippen LogP contribution in [0.3, 0.4) is 0 Å². The van der Waals surface area contributed by atoms with E-state index in [0.717, 1.165) is 17.1 Å². The summed E-state index contributed by atoms with van der Waals surface area (Å²) in [5.74, 6) is 2.12. The summed E-state index contributed by atoms with van der Waals surface area (Å²) >= 11 is 1.73. The summed E-state index contributed by atoms with van der Waals surface area (Å²) in [5, 5.41) is 2.11. The van der Waals surface area contributed by atoms with Crippen LogP contribution in [0.25, 0.3) is 6.08 Å². The van der Waals surface area contributed by atoms with Crippen LogP contribution in [0.2, 0.25) is 0 Å². The van der Waals surface area contributed by atoms with Crippen molar-refractivity contribution in [2.75, 3.05) is 14.2 Å². The van der Waals surface area contributed by atoms with Crippen LogP contribution in [0.1, 0.15) is 30.9 Å². The van der Waals surface area contributed by atoms with Crippen molar-refractivity contribution < 1.29 is 9.47 Å². The van der Waals surface area contributed by atoms with Crippen LogP contribution < -0.4 is 9.47 Å². The van der Waals surface area contributed by atoms with Crippen LogP contribution in [0.5, 0.6) is 11.5 Å². The molecule has 2 aromatic carbocycles. The van der Waals surface area contributed by atoms with Crippen LogP contribution in [0, 0.1) is 0 Å². The van der Waals surface area contributed by atoms with E-state index in [-0.39, 0.29) is 0 Å². The second kappa shape index (κ2) is 7.95. The molecule has 0 spiro atoms. The predicted molar refractivity (Wildman–Crippen MR) is 95.0 cm³/mol. The molecule has 0 aliphatic heterocycles. The van der Waals surface area contributed by atoms with E-state index in [1.54, 1.807) is 26.0 Å². The number of methoxy groups -OCH3 is 2. The Balaban J connectivity index is 2.16. The minimum absolute atomic E-state index is 0.522. The first kappa shape index (κ1) is 16.5. The molecule has 2 aromatic rings. The van der Waals surface area contributed by atoms with E-state index in [2.05, 4.69) is 49.6 Å². The highest BCUT2D eigenvalue weighted by atomic mass is 32.2. The van der Waals surface area contributed by atoms with Crippen molar-refractivity contribution in [2.24, 2.45) is 0 Å². The van der Waals surface area contributed by atoms with Crippen LogP contribution >= 0.6 is 11.8 Å². The van der Waals surface area contributed by atoms with E-state index in [0.29, 0.717) is 5.92 Å². The molecule has 0 heterocycles. The first-order valence-corrected chi connectivity index (χ1v) is 8.17. The third-order valence-electron chi connectivity index (χ3n) is 3.37. The lowest BCUT2D eigenvalue weighted by molar-refractivity contribution is 0.394. The molecule has 0 fully saturated rings. The summed E-state index contributed by atoms with van der Waals surface area (Å²) in [6.07, 6.45) is 2.08. The number of benzene rings is 2. The Kier molecular flexibility index (Phi) is 5.96. The van der Waals surface area contributed by atoms with Crippen molar-refractivity contribution in [1.82, 2.24) is 0 Å². The minimum atomic E-state index is 0.522. The second-order valence-electron chi connectivity index (χ2n) is 5.26. The van der Waals surface area contributed by atoms with Gasteiger partial charge in [-0.2, -0.15) is 0 Å². The van der Waals surface area contributed by atoms with Crippen molar-refractivity contribution in [3.63, 3.8) is 0 Å². The van der Waals surface area contributed by atoms with E-state index in [1.807, 2.05) is 18.2 Å². The standard InChI is InChI=1S/C19H22O2S/c1-14(2)18-7-5-6-8-19(18)22-10-9-15-11-16(20-3)13-17(12-15)21-4/h5-14H,1-4H3/b10-9+. The van der Waals surface area contributed by atoms with Gasteiger partial charge in [-0.25, -0.2) is 0 Å². The number of hydrogen-bond donors (Lipinski definition) is 0. The summed E-state index contributed by atoms with van der Waals surface area (Å²) in [5.41, 5.74) is 2.44. The lowest BCUT2D eigenvalue weighted by atomic mass is 10.0. The molecule has 2 rings (SSSR count). The maximum absolute atomic E-state index is 5.29. The molecule has 0 aromatic heterocycles. The van der Waals surface area contributed by atoms with E-state index in [9.17, 15) is 0 Å². The topological polar surface area (TPSA) is 18.5 Å². The summed E-state index contributed by atoms with van der Waals surface area (Å²) in [4.78, 5) is 1.30. The first-order chi connectivity index (χ1) is 10.6. The molecule has 0 aliphatic carbocycles. The molecule has 116 valence electrons. The number of thioether (sulfide) groups is 1. The smallest absolute Gasteiger partial charge is 0.123 e. The molecule has 0 N–H and O–H groups in total. The van der Waals surface area contributed by atoms with Crippen molar-refractivity contribution >= 4 is 17.8 Å². The lowest BCUT2D eigenvalue weighted by Gasteiger charge is -2.10. The molecule has 0 unspecified atom stereocenters. The zero-order valence-electron chi connectivity index (χ0n) is 13.5. The van der Waals surface area contributed by atoms with Crippen molar-refractivity contribution in [1.29, 1.82) is 0 Å². The van der Waals surface area contributed by atoms with Gasteiger partial charge in [0, 0.05) is 11.0 Å². The molecule has 0 saturated carbocycles. The molecule has 0 radical (unpaired) electrons. The molecule has 0 saturated heterocycles. The molecule has 0 aliphatic rings. The predicted octanol–water partition coefficient (Wildman–Crippen LogP) is 5.59. The van der Waals surface area contributed by atoms with Gasteiger partial charge in [0.15, 0.2) is 0 Å². The molecule has 2 nitrogen and oxygen atoms in total. The first-order valence-electron chi connectivity index (χ1n) is 7.29. The van der Waals surface area contributed by atoms with Crippen LogP contribution in [0.15, 0.2) is 52.8 Å².